The van der Waals surface area contributed by atoms with Gasteiger partial charge in [0.15, 0.2) is 29.5 Å². The van der Waals surface area contributed by atoms with Crippen molar-refractivity contribution in [2.75, 3.05) is 34.7 Å². The number of ketones is 3. The van der Waals surface area contributed by atoms with Crippen LogP contribution in [0.2, 0.25) is 0 Å². The minimum absolute atomic E-state index is 0.0696. The summed E-state index contributed by atoms with van der Waals surface area (Å²) < 4.78 is 161. The molecule has 3 atom stereocenters. The van der Waals surface area contributed by atoms with Crippen molar-refractivity contribution < 1.29 is 66.0 Å². The summed E-state index contributed by atoms with van der Waals surface area (Å²) in [4.78, 5) is 64.2. The summed E-state index contributed by atoms with van der Waals surface area (Å²) in [6.45, 7) is 5.51. The molecule has 0 saturated heterocycles. The van der Waals surface area contributed by atoms with Gasteiger partial charge in [-0.15, -0.1) is 0 Å². The van der Waals surface area contributed by atoms with E-state index in [0.29, 0.717) is 138 Å². The Morgan fingerprint density at radius 1 is 0.410 bits per heavy atom. The van der Waals surface area contributed by atoms with E-state index in [9.17, 15) is 66.0 Å². The Morgan fingerprint density at radius 2 is 0.657 bits per heavy atom. The largest absolute Gasteiger partial charge is 0.353 e. The number of hydrogen-bond acceptors (Lipinski definition) is 21. The van der Waals surface area contributed by atoms with Gasteiger partial charge < -0.3 is 16.0 Å². The predicted molar refractivity (Wildman–Crippen MR) is 383 cm³/mol. The van der Waals surface area contributed by atoms with Gasteiger partial charge in [0.05, 0.1) is 118 Å². The highest BCUT2D eigenvalue weighted by atomic mass is 32.2. The number of aliphatic imine (C=N–C) groups is 3. The van der Waals surface area contributed by atoms with E-state index in [4.69, 9.17) is 0 Å². The Morgan fingerprint density at radius 3 is 0.867 bits per heavy atom. The molecule has 3 saturated carbocycles. The minimum atomic E-state index is -3.63. The molecule has 3 fully saturated rings. The molecular formula is C72H69F6N15O9S3. The molecule has 6 aliphatic rings. The molecule has 105 heavy (non-hydrogen) atoms. The molecule has 3 aliphatic carbocycles. The van der Waals surface area contributed by atoms with Crippen molar-refractivity contribution in [3.63, 3.8) is 0 Å². The Balaban J connectivity index is 0.000000140. The lowest BCUT2D eigenvalue weighted by molar-refractivity contribution is -0.122. The van der Waals surface area contributed by atoms with E-state index in [-0.39, 0.29) is 33.9 Å². The molecule has 0 radical (unpaired) electrons. The smallest absolute Gasteiger partial charge is 0.258 e. The highest BCUT2D eigenvalue weighted by Gasteiger charge is 2.62. The van der Waals surface area contributed by atoms with Gasteiger partial charge in [-0.1, -0.05) is 18.2 Å². The van der Waals surface area contributed by atoms with Crippen LogP contribution in [0.3, 0.4) is 0 Å². The number of Topliss-reactive ketones (excluding diaryl/α,β-unsaturated/α-hetero) is 3. The molecule has 9 aromatic rings. The predicted octanol–water partition coefficient (Wildman–Crippen LogP) is 12.1. The lowest BCUT2D eigenvalue weighted by Gasteiger charge is -2.15. The number of aromatic nitrogens is 9. The number of alkyl halides is 6. The molecule has 3 aromatic carbocycles. The summed E-state index contributed by atoms with van der Waals surface area (Å²) in [5.74, 6) is -14.3. The molecule has 6 aromatic heterocycles. The third kappa shape index (κ3) is 16.1. The van der Waals surface area contributed by atoms with Crippen LogP contribution in [0.25, 0.3) is 33.8 Å². The zero-order chi connectivity index (χ0) is 75.4. The normalized spacial score (nSPS) is 18.2. The maximum absolute atomic E-state index is 13.4. The maximum Gasteiger partial charge on any atom is 0.258 e. The summed E-state index contributed by atoms with van der Waals surface area (Å²) in [6, 6.07) is 25.0. The summed E-state index contributed by atoms with van der Waals surface area (Å²) in [5, 5.41) is 22.4. The molecule has 3 aliphatic heterocycles. The monoisotopic (exact) mass is 1500 g/mol. The topological polar surface area (TPSA) is 319 Å². The zero-order valence-corrected chi connectivity index (χ0v) is 60.5. The first-order valence-corrected chi connectivity index (χ1v) is 38.7. The Hall–Kier alpha value is -10.4. The molecule has 3 N–H and O–H groups in total. The van der Waals surface area contributed by atoms with Crippen LogP contribution < -0.4 is 16.0 Å². The minimum Gasteiger partial charge on any atom is -0.353 e. The molecule has 546 valence electrons. The summed E-state index contributed by atoms with van der Waals surface area (Å²) in [5.41, 5.74) is 13.1. The molecule has 0 spiro atoms. The lowest BCUT2D eigenvalue weighted by atomic mass is 10.1. The van der Waals surface area contributed by atoms with Crippen molar-refractivity contribution in [2.24, 2.45) is 53.9 Å². The van der Waals surface area contributed by atoms with Gasteiger partial charge in [-0.3, -0.25) is 58.4 Å². The lowest BCUT2D eigenvalue weighted by Crippen LogP contribution is -2.12. The molecule has 0 amide bonds. The molecule has 9 heterocycles. The summed E-state index contributed by atoms with van der Waals surface area (Å²) in [7, 11) is -5.58. The fourth-order valence-corrected chi connectivity index (χ4v) is 15.3. The van der Waals surface area contributed by atoms with Crippen molar-refractivity contribution in [2.45, 2.75) is 111 Å². The fraction of sp³-hybridized carbons (Fsp3) is 0.333. The van der Waals surface area contributed by atoms with Crippen LogP contribution in [0, 0.1) is 17.8 Å². The fourth-order valence-electron chi connectivity index (χ4n) is 12.7. The first-order chi connectivity index (χ1) is 49.2. The third-order valence-corrected chi connectivity index (χ3v) is 21.6. The average Bonchev–Trinajstić information content (AvgIpc) is 1.76. The number of aryl methyl sites for hydroxylation is 3. The second-order valence-electron chi connectivity index (χ2n) is 27.4. The number of nitrogens with one attached hydrogen (secondary N) is 3. The molecule has 15 rings (SSSR count). The van der Waals surface area contributed by atoms with Crippen LogP contribution >= 0.6 is 0 Å². The number of carbonyl (C=O) groups excluding carboxylic acids is 3. The van der Waals surface area contributed by atoms with E-state index in [1.165, 1.54) is 0 Å². The highest BCUT2D eigenvalue weighted by molar-refractivity contribution is 7.91. The maximum atomic E-state index is 13.4. The van der Waals surface area contributed by atoms with E-state index in [0.717, 1.165) is 35.9 Å². The Bertz CT molecular complexity index is 5070. The number of benzene rings is 3. The van der Waals surface area contributed by atoms with Crippen LogP contribution in [0.15, 0.2) is 139 Å². The number of sulfone groups is 3. The van der Waals surface area contributed by atoms with E-state index in [1.54, 1.807) is 145 Å². The van der Waals surface area contributed by atoms with Gasteiger partial charge >= 0.3 is 0 Å². The van der Waals surface area contributed by atoms with Gasteiger partial charge in [-0.25, -0.2) is 51.6 Å². The van der Waals surface area contributed by atoms with E-state index >= 15 is 0 Å². The number of hydrogen-bond donors (Lipinski definition) is 3. The van der Waals surface area contributed by atoms with E-state index in [2.05, 4.69) is 61.2 Å². The number of anilines is 6. The van der Waals surface area contributed by atoms with Crippen molar-refractivity contribution in [1.29, 1.82) is 0 Å². The van der Waals surface area contributed by atoms with Crippen molar-refractivity contribution >= 4 is 115 Å². The van der Waals surface area contributed by atoms with Crippen molar-refractivity contribution in [3.05, 3.63) is 144 Å². The Labute approximate surface area is 599 Å². The van der Waals surface area contributed by atoms with Gasteiger partial charge in [-0.05, 0) is 93.6 Å². The number of fused-ring (bicyclic) bond motifs is 3. The SMILES string of the molecule is CC1=Nc2c(Nc3ccc(-c4ccn(C)n4)cc3S(C)(=O)=O)cc(CC(=O)C3CC3(F)F)nc2C1.CC1=Nc2c(Nc3ccc(-c4ccn(C)n4)cc3S(C)(=O)=O)cc(CC(=O)[C@@H]3CC3(F)F)nc2C1.CC1=Nc2c(Nc3ccc(-c4ccn(C)n4)cc3S(C)(=O)=O)cc(CC(=O)[C@H]3CC3(F)F)nc2C1. The van der Waals surface area contributed by atoms with Crippen LogP contribution in [0.1, 0.15) is 74.2 Å². The number of nitrogens with zero attached hydrogens (tertiary/aromatic N) is 12. The first kappa shape index (κ1) is 72.9. The standard InChI is InChI=1S/3C24H23F2N5O3S/c3*1-13-8-19-23(27-13)20(10-15(28-19)11-21(32)16-12-24(16,25)26)29-18-5-4-14(9-22(18)35(3,33)34)17-6-7-31(2)30-17/h3*4-7,9-10,16H,8,11-12H2,1-3H3,(H,28,29)/t2*16-;/m10./s1. The highest BCUT2D eigenvalue weighted by Crippen LogP contribution is 2.52. The Kier molecular flexibility index (Phi) is 18.7. The molecule has 24 nitrogen and oxygen atoms in total. The van der Waals surface area contributed by atoms with Crippen LogP contribution in [-0.4, -0.2) is 141 Å². The van der Waals surface area contributed by atoms with E-state index < -0.39 is 102 Å². The number of pyridine rings is 3. The molecule has 33 heteroatoms. The molecule has 0 bridgehead atoms. The molecule has 1 unspecified atom stereocenters. The molecular weight excluding hydrogens is 1430 g/mol. The van der Waals surface area contributed by atoms with Gasteiger partial charge in [0.1, 0.15) is 34.4 Å². The number of carbonyl (C=O) groups is 3. The second kappa shape index (κ2) is 26.9. The average molecular weight is 1500 g/mol. The van der Waals surface area contributed by atoms with Gasteiger partial charge in [0.2, 0.25) is 0 Å². The van der Waals surface area contributed by atoms with Crippen molar-refractivity contribution in [3.8, 4) is 33.8 Å². The second-order valence-corrected chi connectivity index (χ2v) is 33.3. The number of halogens is 6. The van der Waals surface area contributed by atoms with Gasteiger partial charge in [-0.2, -0.15) is 15.3 Å². The van der Waals surface area contributed by atoms with Gasteiger partial charge in [0.25, 0.3) is 17.8 Å². The van der Waals surface area contributed by atoms with Crippen molar-refractivity contribution in [1.82, 2.24) is 44.3 Å². The van der Waals surface area contributed by atoms with E-state index in [1.807, 2.05) is 20.8 Å². The van der Waals surface area contributed by atoms with Crippen LogP contribution in [0.4, 0.5) is 77.5 Å². The summed E-state index contributed by atoms with van der Waals surface area (Å²) >= 11 is 0. The number of rotatable bonds is 21. The van der Waals surface area contributed by atoms with Crippen LogP contribution in [0.5, 0.6) is 0 Å². The summed E-state index contributed by atoms with van der Waals surface area (Å²) in [6.07, 6.45) is 8.09. The van der Waals surface area contributed by atoms with Crippen LogP contribution in [-0.2, 0) is 104 Å². The quantitative estimate of drug-likeness (QED) is 0.0563. The third-order valence-electron chi connectivity index (χ3n) is 18.2. The van der Waals surface area contributed by atoms with Gasteiger partial charge in [0, 0.05) is 150 Å². The zero-order valence-electron chi connectivity index (χ0n) is 58.0. The first-order valence-electron chi connectivity index (χ1n) is 33.0.